The number of amides is 1. The van der Waals surface area contributed by atoms with Gasteiger partial charge in [0.1, 0.15) is 5.60 Å². The standard InChI is InChI=1S/C36H53N3O5/c1-12-42-32(40)31(43-34(4,5)6)29-24(3)37-23(2)28(30(29)38-19-16-36(10,11)17-20-38)26-13-14-27-22-39(18-15-25(27)21-26)33(41)44-35(7,8)9/h13-14,21,31H,12,15-20,22H2,1-11H3/t31-/m0/s1. The second kappa shape index (κ2) is 12.7. The number of aryl methyl sites for hydroxylation is 2. The molecule has 3 heterocycles. The molecule has 1 atom stereocenters. The van der Waals surface area contributed by atoms with Crippen LogP contribution in [0.15, 0.2) is 18.2 Å². The fraction of sp³-hybridized carbons (Fsp3) is 0.639. The lowest BCUT2D eigenvalue weighted by Gasteiger charge is -2.41. The lowest BCUT2D eigenvalue weighted by atomic mass is 9.81. The molecule has 1 aromatic heterocycles. The van der Waals surface area contributed by atoms with Gasteiger partial charge >= 0.3 is 12.1 Å². The number of esters is 1. The number of pyridine rings is 1. The summed E-state index contributed by atoms with van der Waals surface area (Å²) in [6, 6.07) is 6.49. The lowest BCUT2D eigenvalue weighted by Crippen LogP contribution is -2.40. The molecule has 1 fully saturated rings. The van der Waals surface area contributed by atoms with Gasteiger partial charge in [-0.05, 0) is 104 Å². The van der Waals surface area contributed by atoms with Gasteiger partial charge in [-0.3, -0.25) is 4.98 Å². The molecule has 1 saturated heterocycles. The monoisotopic (exact) mass is 607 g/mol. The Labute approximate surface area is 264 Å². The molecule has 8 nitrogen and oxygen atoms in total. The number of rotatable bonds is 6. The highest BCUT2D eigenvalue weighted by Crippen LogP contribution is 2.45. The van der Waals surface area contributed by atoms with Crippen molar-refractivity contribution in [2.75, 3.05) is 31.1 Å². The van der Waals surface area contributed by atoms with Crippen LogP contribution in [0, 0.1) is 19.3 Å². The third-order valence-electron chi connectivity index (χ3n) is 8.41. The third kappa shape index (κ3) is 7.92. The van der Waals surface area contributed by atoms with Crippen LogP contribution in [-0.2, 0) is 32.0 Å². The molecule has 0 N–H and O–H groups in total. The molecule has 2 aromatic rings. The molecule has 0 radical (unpaired) electrons. The van der Waals surface area contributed by atoms with Crippen LogP contribution in [0.4, 0.5) is 10.5 Å². The van der Waals surface area contributed by atoms with E-state index in [1.54, 1.807) is 4.90 Å². The third-order valence-corrected chi connectivity index (χ3v) is 8.41. The quantitative estimate of drug-likeness (QED) is 0.311. The van der Waals surface area contributed by atoms with Gasteiger partial charge in [0.15, 0.2) is 6.10 Å². The van der Waals surface area contributed by atoms with E-state index in [2.05, 4.69) is 43.9 Å². The van der Waals surface area contributed by atoms with Crippen molar-refractivity contribution in [2.45, 2.75) is 119 Å². The number of hydrogen-bond acceptors (Lipinski definition) is 7. The number of fused-ring (bicyclic) bond motifs is 1. The minimum absolute atomic E-state index is 0.252. The fourth-order valence-corrected chi connectivity index (χ4v) is 6.16. The van der Waals surface area contributed by atoms with E-state index >= 15 is 0 Å². The van der Waals surface area contributed by atoms with Crippen molar-refractivity contribution >= 4 is 17.7 Å². The zero-order valence-electron chi connectivity index (χ0n) is 28.8. The van der Waals surface area contributed by atoms with E-state index in [0.29, 0.717) is 13.1 Å². The molecule has 44 heavy (non-hydrogen) atoms. The summed E-state index contributed by atoms with van der Waals surface area (Å²) in [5.41, 5.74) is 7.03. The van der Waals surface area contributed by atoms with E-state index < -0.39 is 23.3 Å². The van der Waals surface area contributed by atoms with Crippen LogP contribution in [-0.4, -0.2) is 59.4 Å². The molecule has 2 aliphatic rings. The van der Waals surface area contributed by atoms with Gasteiger partial charge in [-0.2, -0.15) is 0 Å². The summed E-state index contributed by atoms with van der Waals surface area (Å²) >= 11 is 0. The van der Waals surface area contributed by atoms with Crippen LogP contribution in [0.25, 0.3) is 11.1 Å². The topological polar surface area (TPSA) is 81.2 Å². The summed E-state index contributed by atoms with van der Waals surface area (Å²) < 4.78 is 17.7. The highest BCUT2D eigenvalue weighted by Gasteiger charge is 2.37. The smallest absolute Gasteiger partial charge is 0.410 e. The molecule has 0 spiro atoms. The number of piperidine rings is 1. The Morgan fingerprint density at radius 1 is 0.955 bits per heavy atom. The van der Waals surface area contributed by atoms with Gasteiger partial charge < -0.3 is 24.0 Å². The van der Waals surface area contributed by atoms with Crippen molar-refractivity contribution < 1.29 is 23.8 Å². The average molecular weight is 608 g/mol. The Bertz CT molecular complexity index is 1380. The summed E-state index contributed by atoms with van der Waals surface area (Å²) in [6.45, 7) is 25.2. The number of carbonyl (C=O) groups excluding carboxylic acids is 2. The summed E-state index contributed by atoms with van der Waals surface area (Å²) in [7, 11) is 0. The Balaban J connectivity index is 1.85. The molecule has 2 aliphatic heterocycles. The Kier molecular flexibility index (Phi) is 9.74. The van der Waals surface area contributed by atoms with Crippen molar-refractivity contribution in [1.82, 2.24) is 9.88 Å². The first kappa shape index (κ1) is 33.8. The van der Waals surface area contributed by atoms with Crippen LogP contribution in [0.1, 0.15) is 109 Å². The van der Waals surface area contributed by atoms with Gasteiger partial charge in [0.2, 0.25) is 0 Å². The number of aromatic nitrogens is 1. The van der Waals surface area contributed by atoms with Crippen molar-refractivity contribution in [3.63, 3.8) is 0 Å². The molecule has 8 heteroatoms. The SMILES string of the molecule is CCOC(=O)[C@@H](OC(C)(C)C)c1c(C)nc(C)c(-c2ccc3c(c2)CCN(C(=O)OC(C)(C)C)C3)c1N1CCC(C)(C)CC1. The second-order valence-corrected chi connectivity index (χ2v) is 15.1. The van der Waals surface area contributed by atoms with E-state index in [9.17, 15) is 9.59 Å². The maximum atomic E-state index is 13.6. The van der Waals surface area contributed by atoms with Gasteiger partial charge in [-0.15, -0.1) is 0 Å². The van der Waals surface area contributed by atoms with Gasteiger partial charge in [-0.1, -0.05) is 32.0 Å². The van der Waals surface area contributed by atoms with Crippen molar-refractivity contribution in [3.8, 4) is 11.1 Å². The first-order chi connectivity index (χ1) is 20.4. The van der Waals surface area contributed by atoms with Crippen LogP contribution in [0.2, 0.25) is 0 Å². The lowest BCUT2D eigenvalue weighted by molar-refractivity contribution is -0.166. The number of hydrogen-bond donors (Lipinski definition) is 0. The predicted molar refractivity (Wildman–Crippen MR) is 175 cm³/mol. The van der Waals surface area contributed by atoms with Gasteiger partial charge in [0.25, 0.3) is 0 Å². The van der Waals surface area contributed by atoms with Crippen LogP contribution in [0.3, 0.4) is 0 Å². The maximum Gasteiger partial charge on any atom is 0.410 e. The first-order valence-corrected chi connectivity index (χ1v) is 16.1. The molecule has 0 aliphatic carbocycles. The van der Waals surface area contributed by atoms with Crippen molar-refractivity contribution in [1.29, 1.82) is 0 Å². The van der Waals surface area contributed by atoms with Crippen LogP contribution < -0.4 is 4.90 Å². The van der Waals surface area contributed by atoms with Crippen molar-refractivity contribution in [2.24, 2.45) is 5.41 Å². The van der Waals surface area contributed by atoms with Gasteiger partial charge in [-0.25, -0.2) is 9.59 Å². The average Bonchev–Trinajstić information content (AvgIpc) is 2.90. The number of carbonyl (C=O) groups is 2. The van der Waals surface area contributed by atoms with E-state index in [0.717, 1.165) is 71.7 Å². The first-order valence-electron chi connectivity index (χ1n) is 16.1. The van der Waals surface area contributed by atoms with Crippen molar-refractivity contribution in [3.05, 3.63) is 46.3 Å². The van der Waals surface area contributed by atoms with Gasteiger partial charge in [0, 0.05) is 48.7 Å². The molecule has 0 unspecified atom stereocenters. The van der Waals surface area contributed by atoms with E-state index in [-0.39, 0.29) is 18.1 Å². The van der Waals surface area contributed by atoms with Crippen LogP contribution in [0.5, 0.6) is 0 Å². The minimum Gasteiger partial charge on any atom is -0.464 e. The Morgan fingerprint density at radius 3 is 2.20 bits per heavy atom. The number of nitrogens with zero attached hydrogens (tertiary/aromatic N) is 3. The molecular weight excluding hydrogens is 554 g/mol. The summed E-state index contributed by atoms with van der Waals surface area (Å²) in [5, 5.41) is 0. The molecule has 1 amide bonds. The summed E-state index contributed by atoms with van der Waals surface area (Å²) in [4.78, 5) is 35.6. The largest absolute Gasteiger partial charge is 0.464 e. The fourth-order valence-electron chi connectivity index (χ4n) is 6.16. The highest BCUT2D eigenvalue weighted by molar-refractivity contribution is 5.88. The number of anilines is 1. The molecule has 0 bridgehead atoms. The zero-order chi connectivity index (χ0) is 32.6. The molecule has 0 saturated carbocycles. The maximum absolute atomic E-state index is 13.6. The van der Waals surface area contributed by atoms with E-state index in [1.165, 1.54) is 5.56 Å². The molecule has 1 aromatic carbocycles. The highest BCUT2D eigenvalue weighted by atomic mass is 16.6. The second-order valence-electron chi connectivity index (χ2n) is 15.1. The molecule has 4 rings (SSSR count). The predicted octanol–water partition coefficient (Wildman–Crippen LogP) is 7.70. The molecule has 242 valence electrons. The normalized spacial score (nSPS) is 17.6. The Hall–Kier alpha value is -3.13. The Morgan fingerprint density at radius 2 is 1.61 bits per heavy atom. The number of ether oxygens (including phenoxy) is 3. The molecular formula is C36H53N3O5. The van der Waals surface area contributed by atoms with E-state index in [1.807, 2.05) is 55.4 Å². The van der Waals surface area contributed by atoms with Crippen LogP contribution >= 0.6 is 0 Å². The summed E-state index contributed by atoms with van der Waals surface area (Å²) in [6.07, 6.45) is 1.63. The zero-order valence-corrected chi connectivity index (χ0v) is 28.8. The minimum atomic E-state index is -0.910. The number of benzene rings is 1. The summed E-state index contributed by atoms with van der Waals surface area (Å²) in [5.74, 6) is -0.395. The van der Waals surface area contributed by atoms with E-state index in [4.69, 9.17) is 19.2 Å². The van der Waals surface area contributed by atoms with Gasteiger partial charge in [0.05, 0.1) is 17.9 Å².